The fraction of sp³-hybridized carbons (Fsp3) is 0.474. The van der Waals surface area contributed by atoms with Gasteiger partial charge < -0.3 is 9.64 Å². The molecule has 5 rings (SSSR count). The summed E-state index contributed by atoms with van der Waals surface area (Å²) >= 11 is 0.679. The zero-order chi connectivity index (χ0) is 23.4. The van der Waals surface area contributed by atoms with Crippen molar-refractivity contribution in [3.8, 4) is 11.2 Å². The van der Waals surface area contributed by atoms with Crippen LogP contribution in [-0.4, -0.2) is 59.7 Å². The molecule has 1 N–H and O–H groups in total. The number of rotatable bonds is 6. The number of sulfonamides is 1. The summed E-state index contributed by atoms with van der Waals surface area (Å²) in [7, 11) is -4.04. The first-order valence-corrected chi connectivity index (χ1v) is 12.5. The second-order valence-corrected chi connectivity index (χ2v) is 10.8. The molecule has 3 aromatic rings. The van der Waals surface area contributed by atoms with Gasteiger partial charge in [-0.2, -0.15) is 15.1 Å². The predicted molar refractivity (Wildman–Crippen MR) is 115 cm³/mol. The molecule has 10 nitrogen and oxygen atoms in total. The van der Waals surface area contributed by atoms with Crippen LogP contribution in [0.5, 0.6) is 0 Å². The summed E-state index contributed by atoms with van der Waals surface area (Å²) in [6.07, 6.45) is -0.400. The number of aromatic nitrogens is 4. The number of nitrogens with zero attached hydrogens (tertiary/aromatic N) is 6. The van der Waals surface area contributed by atoms with E-state index in [1.807, 2.05) is 17.9 Å². The van der Waals surface area contributed by atoms with E-state index in [1.165, 1.54) is 10.7 Å². The number of benzene rings is 1. The second kappa shape index (κ2) is 7.94. The van der Waals surface area contributed by atoms with Crippen molar-refractivity contribution in [1.29, 1.82) is 5.26 Å². The third-order valence-electron chi connectivity index (χ3n) is 5.62. The molecule has 33 heavy (non-hydrogen) atoms. The van der Waals surface area contributed by atoms with Crippen molar-refractivity contribution in [3.63, 3.8) is 0 Å². The fourth-order valence-electron chi connectivity index (χ4n) is 3.77. The summed E-state index contributed by atoms with van der Waals surface area (Å²) in [6.45, 7) is 3.47. The van der Waals surface area contributed by atoms with E-state index in [2.05, 4.69) is 20.0 Å². The molecule has 0 spiro atoms. The molecule has 1 aliphatic carbocycles. The maximum Gasteiger partial charge on any atom is 0.291 e. The Morgan fingerprint density at radius 3 is 2.79 bits per heavy atom. The number of nitrogens with one attached hydrogen (secondary N) is 1. The van der Waals surface area contributed by atoms with Gasteiger partial charge in [-0.1, -0.05) is 11.3 Å². The molecule has 1 aromatic carbocycles. The Bertz CT molecular complexity index is 1360. The average molecular weight is 496 g/mol. The number of halogens is 2. The Balaban J connectivity index is 1.66. The van der Waals surface area contributed by atoms with Gasteiger partial charge in [-0.15, -0.1) is 10.2 Å². The average Bonchev–Trinajstić information content (AvgIpc) is 3.18. The van der Waals surface area contributed by atoms with E-state index in [9.17, 15) is 22.5 Å². The van der Waals surface area contributed by atoms with Crippen molar-refractivity contribution >= 4 is 38.0 Å². The predicted octanol–water partition coefficient (Wildman–Crippen LogP) is 2.37. The summed E-state index contributed by atoms with van der Waals surface area (Å²) in [6, 6.07) is 4.98. The molecule has 2 aliphatic rings. The number of hydrogen-bond acceptors (Lipinski definition) is 9. The first kappa shape index (κ1) is 22.1. The Morgan fingerprint density at radius 2 is 2.15 bits per heavy atom. The number of hydrogen-bond donors (Lipinski definition) is 1. The molecule has 0 amide bonds. The van der Waals surface area contributed by atoms with E-state index in [0.717, 1.165) is 0 Å². The number of anilines is 1. The van der Waals surface area contributed by atoms with Crippen LogP contribution in [0.3, 0.4) is 0 Å². The minimum absolute atomic E-state index is 0.0500. The standard InChI is InChI=1S/C19H19F2N7O3S2/c1-11-9-27(4-5-31-11)14-6-12(33(29,30)26-19(10-22)2-3-19)7-15-13(14)8-23-28(15)18-25-24-17(32-18)16(20)21/h6-8,11,16,26H,2-5,9H2,1H3/t11-/m0/s1. The molecular formula is C19H19F2N7O3S2. The number of alkyl halides is 2. The molecule has 1 atom stereocenters. The summed E-state index contributed by atoms with van der Waals surface area (Å²) in [4.78, 5) is 1.95. The number of nitriles is 1. The number of ether oxygens (including phenoxy) is 1. The minimum atomic E-state index is -4.04. The highest BCUT2D eigenvalue weighted by atomic mass is 32.2. The van der Waals surface area contributed by atoms with Crippen LogP contribution < -0.4 is 9.62 Å². The SMILES string of the molecule is C[C@H]1CN(c2cc(S(=O)(=O)NC3(C#N)CC3)cc3c2cnn3-c2nnc(C(F)F)s2)CCO1. The number of fused-ring (bicyclic) bond motifs is 1. The zero-order valence-corrected chi connectivity index (χ0v) is 19.0. The largest absolute Gasteiger partial charge is 0.375 e. The summed E-state index contributed by atoms with van der Waals surface area (Å²) in [5.41, 5.74) is -0.0898. The quantitative estimate of drug-likeness (QED) is 0.552. The van der Waals surface area contributed by atoms with E-state index in [4.69, 9.17) is 4.74 Å². The van der Waals surface area contributed by atoms with Gasteiger partial charge in [0.1, 0.15) is 5.54 Å². The number of morpholine rings is 1. The zero-order valence-electron chi connectivity index (χ0n) is 17.4. The van der Waals surface area contributed by atoms with Crippen LogP contribution in [0.25, 0.3) is 16.0 Å². The highest BCUT2D eigenvalue weighted by molar-refractivity contribution is 7.89. The molecule has 0 radical (unpaired) electrons. The topological polar surface area (TPSA) is 126 Å². The normalized spacial score (nSPS) is 20.3. The van der Waals surface area contributed by atoms with Crippen LogP contribution in [0.4, 0.5) is 14.5 Å². The molecule has 14 heteroatoms. The highest BCUT2D eigenvalue weighted by Gasteiger charge is 2.47. The molecule has 0 unspecified atom stereocenters. The third kappa shape index (κ3) is 4.05. The van der Waals surface area contributed by atoms with Crippen LogP contribution in [0.2, 0.25) is 0 Å². The third-order valence-corrected chi connectivity index (χ3v) is 8.05. The van der Waals surface area contributed by atoms with Gasteiger partial charge in [-0.3, -0.25) is 0 Å². The van der Waals surface area contributed by atoms with Crippen LogP contribution in [0.15, 0.2) is 23.2 Å². The molecule has 1 aliphatic heterocycles. The first-order valence-electron chi connectivity index (χ1n) is 10.2. The maximum absolute atomic E-state index is 13.2. The highest BCUT2D eigenvalue weighted by Crippen LogP contribution is 2.38. The van der Waals surface area contributed by atoms with Crippen LogP contribution in [-0.2, 0) is 14.8 Å². The van der Waals surface area contributed by atoms with E-state index in [0.29, 0.717) is 60.5 Å². The molecule has 2 fully saturated rings. The van der Waals surface area contributed by atoms with Crippen molar-refractivity contribution in [2.75, 3.05) is 24.6 Å². The lowest BCUT2D eigenvalue weighted by Crippen LogP contribution is -2.41. The molecule has 3 heterocycles. The molecule has 1 saturated carbocycles. The molecule has 2 aromatic heterocycles. The lowest BCUT2D eigenvalue weighted by atomic mass is 10.1. The lowest BCUT2D eigenvalue weighted by molar-refractivity contribution is 0.0533. The van der Waals surface area contributed by atoms with E-state index >= 15 is 0 Å². The Hall–Kier alpha value is -2.73. The molecule has 1 saturated heterocycles. The molecule has 174 valence electrons. The molecular weight excluding hydrogens is 476 g/mol. The van der Waals surface area contributed by atoms with Gasteiger partial charge in [-0.25, -0.2) is 21.9 Å². The monoisotopic (exact) mass is 495 g/mol. The first-order chi connectivity index (χ1) is 15.7. The van der Waals surface area contributed by atoms with Crippen molar-refractivity contribution in [3.05, 3.63) is 23.3 Å². The minimum Gasteiger partial charge on any atom is -0.375 e. The fourth-order valence-corrected chi connectivity index (χ4v) is 5.85. The van der Waals surface area contributed by atoms with E-state index in [-0.39, 0.29) is 16.1 Å². The Labute approximate surface area is 191 Å². The van der Waals surface area contributed by atoms with Gasteiger partial charge >= 0.3 is 0 Å². The van der Waals surface area contributed by atoms with Gasteiger partial charge in [0.25, 0.3) is 6.43 Å². The van der Waals surface area contributed by atoms with Crippen molar-refractivity contribution in [2.24, 2.45) is 0 Å². The maximum atomic E-state index is 13.2. The van der Waals surface area contributed by atoms with Crippen molar-refractivity contribution in [2.45, 2.75) is 42.7 Å². The van der Waals surface area contributed by atoms with Gasteiger partial charge in [0.2, 0.25) is 15.2 Å². The van der Waals surface area contributed by atoms with Gasteiger partial charge in [-0.05, 0) is 31.9 Å². The summed E-state index contributed by atoms with van der Waals surface area (Å²) in [5.74, 6) is 0. The molecule has 0 bridgehead atoms. The van der Waals surface area contributed by atoms with Crippen LogP contribution >= 0.6 is 11.3 Å². The van der Waals surface area contributed by atoms with E-state index in [1.54, 1.807) is 12.3 Å². The van der Waals surface area contributed by atoms with Crippen molar-refractivity contribution in [1.82, 2.24) is 24.7 Å². The second-order valence-electron chi connectivity index (χ2n) is 8.08. The Morgan fingerprint density at radius 1 is 1.36 bits per heavy atom. The lowest BCUT2D eigenvalue weighted by Gasteiger charge is -2.33. The van der Waals surface area contributed by atoms with Crippen molar-refractivity contribution < 1.29 is 21.9 Å². The van der Waals surface area contributed by atoms with Gasteiger partial charge in [0.05, 0.1) is 35.4 Å². The summed E-state index contributed by atoms with van der Waals surface area (Å²) in [5, 5.41) is 21.2. The Kier molecular flexibility index (Phi) is 5.31. The summed E-state index contributed by atoms with van der Waals surface area (Å²) < 4.78 is 61.9. The van der Waals surface area contributed by atoms with Gasteiger partial charge in [0.15, 0.2) is 5.01 Å². The smallest absolute Gasteiger partial charge is 0.291 e. The van der Waals surface area contributed by atoms with Crippen LogP contribution in [0, 0.1) is 11.3 Å². The van der Waals surface area contributed by atoms with Gasteiger partial charge in [0, 0.05) is 24.2 Å². The van der Waals surface area contributed by atoms with Crippen LogP contribution in [0.1, 0.15) is 31.2 Å². The van der Waals surface area contributed by atoms with E-state index < -0.39 is 27.0 Å².